The van der Waals surface area contributed by atoms with E-state index >= 15 is 0 Å². The fraction of sp³-hybridized carbons (Fsp3) is 0.208. The molecule has 0 aliphatic carbocycles. The van der Waals surface area contributed by atoms with E-state index in [-0.39, 0.29) is 23.9 Å². The molecular weight excluding hydrogens is 447 g/mol. The lowest BCUT2D eigenvalue weighted by Crippen LogP contribution is -3.00. The van der Waals surface area contributed by atoms with Crippen LogP contribution in [0.2, 0.25) is 5.02 Å². The number of hydrogen-bond acceptors (Lipinski definition) is 4. The van der Waals surface area contributed by atoms with Crippen molar-refractivity contribution in [1.29, 1.82) is 0 Å². The average molecular weight is 471 g/mol. The molecule has 0 spiro atoms. The van der Waals surface area contributed by atoms with E-state index in [0.717, 1.165) is 66.7 Å². The monoisotopic (exact) mass is 470 g/mol. The molecule has 6 nitrogen and oxygen atoms in total. The molecule has 4 N–H and O–H groups in total. The predicted octanol–water partition coefficient (Wildman–Crippen LogP) is 1.20. The Morgan fingerprint density at radius 2 is 1.62 bits per heavy atom. The lowest BCUT2D eigenvalue weighted by Gasteiger charge is -2.28. The first-order valence-electron chi connectivity index (χ1n) is 10.3. The van der Waals surface area contributed by atoms with Gasteiger partial charge in [0.05, 0.1) is 30.0 Å². The van der Waals surface area contributed by atoms with Crippen LogP contribution in [0.25, 0.3) is 0 Å². The largest absolute Gasteiger partial charge is 1.00 e. The van der Waals surface area contributed by atoms with Gasteiger partial charge in [-0.25, -0.2) is 5.32 Å². The van der Waals surface area contributed by atoms with Crippen LogP contribution < -0.4 is 23.0 Å². The number of piperazine rings is 1. The lowest BCUT2D eigenvalue weighted by atomic mass is 10.1. The van der Waals surface area contributed by atoms with Crippen molar-refractivity contribution in [2.75, 3.05) is 36.8 Å². The molecular formula is C24H24Cl2N4O2. The zero-order chi connectivity index (χ0) is 21.4. The molecule has 2 aliphatic rings. The zero-order valence-electron chi connectivity index (χ0n) is 17.4. The number of rotatable bonds is 2. The molecule has 3 aromatic rings. The number of para-hydroxylation sites is 1. The quantitative estimate of drug-likeness (QED) is 0.334. The molecule has 0 atom stereocenters. The smallest absolute Gasteiger partial charge is 0.284 e. The number of halogens is 2. The van der Waals surface area contributed by atoms with Crippen LogP contribution in [-0.4, -0.2) is 51.7 Å². The third-order valence-electron chi connectivity index (χ3n) is 5.82. The molecule has 5 rings (SSSR count). The van der Waals surface area contributed by atoms with Gasteiger partial charge in [-0.15, -0.1) is 0 Å². The van der Waals surface area contributed by atoms with E-state index in [1.54, 1.807) is 12.1 Å². The van der Waals surface area contributed by atoms with Crippen LogP contribution in [-0.2, 0) is 6.54 Å². The first kappa shape index (κ1) is 22.3. The van der Waals surface area contributed by atoms with Gasteiger partial charge < -0.3 is 27.9 Å². The fourth-order valence-electron chi connectivity index (χ4n) is 4.17. The molecule has 0 aromatic heterocycles. The Bertz CT molecular complexity index is 1170. The second-order valence-electron chi connectivity index (χ2n) is 7.92. The van der Waals surface area contributed by atoms with Crippen LogP contribution in [0.15, 0.2) is 60.7 Å². The Labute approximate surface area is 198 Å². The summed E-state index contributed by atoms with van der Waals surface area (Å²) in [6, 6.07) is 19.2. The van der Waals surface area contributed by atoms with Crippen molar-refractivity contribution in [2.24, 2.45) is 0 Å². The van der Waals surface area contributed by atoms with Crippen LogP contribution in [0.3, 0.4) is 0 Å². The van der Waals surface area contributed by atoms with E-state index in [1.165, 1.54) is 0 Å². The van der Waals surface area contributed by atoms with Crippen molar-refractivity contribution in [3.8, 4) is 11.5 Å². The van der Waals surface area contributed by atoms with E-state index < -0.39 is 0 Å². The molecule has 0 amide bonds. The van der Waals surface area contributed by atoms with Gasteiger partial charge in [-0.2, -0.15) is 0 Å². The van der Waals surface area contributed by atoms with Crippen molar-refractivity contribution in [3.63, 3.8) is 0 Å². The number of nitrogens with zero attached hydrogens (tertiary/aromatic N) is 2. The number of fused-ring (bicyclic) bond motifs is 2. The number of hydrogen-bond donors (Lipinski definition) is 4. The van der Waals surface area contributed by atoms with Gasteiger partial charge in [0.15, 0.2) is 11.5 Å². The van der Waals surface area contributed by atoms with Crippen LogP contribution in [0.1, 0.15) is 11.1 Å². The summed E-state index contributed by atoms with van der Waals surface area (Å²) in [6.07, 6.45) is 0. The third-order valence-corrected chi connectivity index (χ3v) is 6.06. The van der Waals surface area contributed by atoms with Crippen molar-refractivity contribution in [2.45, 2.75) is 6.54 Å². The highest BCUT2D eigenvalue weighted by molar-refractivity contribution is 6.31. The van der Waals surface area contributed by atoms with Crippen LogP contribution in [0.4, 0.5) is 17.1 Å². The number of amidine groups is 1. The highest BCUT2D eigenvalue weighted by Crippen LogP contribution is 2.34. The minimum atomic E-state index is -0.0860. The Morgan fingerprint density at radius 1 is 0.844 bits per heavy atom. The summed E-state index contributed by atoms with van der Waals surface area (Å²) in [4.78, 5) is 2.36. The van der Waals surface area contributed by atoms with Crippen molar-refractivity contribution < 1.29 is 27.2 Å². The highest BCUT2D eigenvalue weighted by atomic mass is 35.5. The Hall–Kier alpha value is -2.93. The maximum Gasteiger partial charge on any atom is 0.284 e. The summed E-state index contributed by atoms with van der Waals surface area (Å²) in [7, 11) is 0. The van der Waals surface area contributed by atoms with E-state index in [9.17, 15) is 10.2 Å². The van der Waals surface area contributed by atoms with Crippen LogP contribution >= 0.6 is 11.6 Å². The average Bonchev–Trinajstić information content (AvgIpc) is 2.93. The van der Waals surface area contributed by atoms with Crippen molar-refractivity contribution in [1.82, 2.24) is 4.90 Å². The Kier molecular flexibility index (Phi) is 6.46. The number of phenolic OH excluding ortho intramolecular Hbond substituents is 2. The summed E-state index contributed by atoms with van der Waals surface area (Å²) < 4.78 is 2.38. The summed E-state index contributed by atoms with van der Waals surface area (Å²) >= 11 is 6.26. The van der Waals surface area contributed by atoms with Gasteiger partial charge in [-0.3, -0.25) is 9.48 Å². The molecule has 1 saturated heterocycles. The molecule has 8 heteroatoms. The van der Waals surface area contributed by atoms with Crippen molar-refractivity contribution in [3.05, 3.63) is 76.8 Å². The second-order valence-corrected chi connectivity index (χ2v) is 8.36. The van der Waals surface area contributed by atoms with Crippen molar-refractivity contribution >= 4 is 34.5 Å². The summed E-state index contributed by atoms with van der Waals surface area (Å²) in [5.41, 5.74) is 5.14. The molecule has 0 unspecified atom stereocenters. The Balaban J connectivity index is 0.00000245. The molecule has 0 bridgehead atoms. The maximum atomic E-state index is 9.76. The minimum absolute atomic E-state index is 0. The fourth-order valence-corrected chi connectivity index (χ4v) is 4.34. The van der Waals surface area contributed by atoms with E-state index in [4.69, 9.17) is 11.6 Å². The third kappa shape index (κ3) is 4.48. The normalized spacial score (nSPS) is 15.5. The van der Waals surface area contributed by atoms with Gasteiger partial charge >= 0.3 is 0 Å². The van der Waals surface area contributed by atoms with Crippen LogP contribution in [0, 0.1) is 0 Å². The molecule has 0 radical (unpaired) electrons. The highest BCUT2D eigenvalue weighted by Gasteiger charge is 2.28. The number of phenols is 2. The topological polar surface area (TPSA) is 70.8 Å². The minimum Gasteiger partial charge on any atom is -1.00 e. The molecule has 0 saturated carbocycles. The summed E-state index contributed by atoms with van der Waals surface area (Å²) in [6.45, 7) is 4.27. The van der Waals surface area contributed by atoms with Gasteiger partial charge in [-0.05, 0) is 42.0 Å². The SMILES string of the molecule is Oc1ccc(CN2CC[N+](=C3Nc4cc(Cl)ccc4Nc4ccccc43)CC2)cc1O.[Cl-]. The Morgan fingerprint density at radius 3 is 2.41 bits per heavy atom. The van der Waals surface area contributed by atoms with E-state index in [1.807, 2.05) is 30.3 Å². The van der Waals surface area contributed by atoms with Gasteiger partial charge in [0.25, 0.3) is 5.84 Å². The first-order chi connectivity index (χ1) is 15.1. The van der Waals surface area contributed by atoms with Gasteiger partial charge in [-0.1, -0.05) is 29.8 Å². The number of aromatic hydroxyl groups is 2. The standard InChI is InChI=1S/C24H23ClN4O2.ClH/c25-17-6-7-20-21(14-17)27-24(18-3-1-2-4-19(18)26-20)29-11-9-28(10-12-29)15-16-5-8-22(30)23(31)13-16;/h1-8,13-14H,9-12,15H2,(H3,26,27,30,31);1H. The number of nitrogens with one attached hydrogen (secondary N) is 2. The van der Waals surface area contributed by atoms with Gasteiger partial charge in [0.2, 0.25) is 0 Å². The second kappa shape index (κ2) is 9.28. The van der Waals surface area contributed by atoms with Crippen LogP contribution in [0.5, 0.6) is 11.5 Å². The lowest BCUT2D eigenvalue weighted by molar-refractivity contribution is -0.539. The molecule has 166 valence electrons. The number of anilines is 3. The zero-order valence-corrected chi connectivity index (χ0v) is 18.9. The molecule has 2 heterocycles. The van der Waals surface area contributed by atoms with Gasteiger partial charge in [0.1, 0.15) is 5.69 Å². The molecule has 2 aliphatic heterocycles. The van der Waals surface area contributed by atoms with Gasteiger partial charge in [0, 0.05) is 30.7 Å². The van der Waals surface area contributed by atoms with E-state index in [0.29, 0.717) is 5.02 Å². The first-order valence-corrected chi connectivity index (χ1v) is 10.7. The summed E-state index contributed by atoms with van der Waals surface area (Å²) in [5.74, 6) is 0.916. The van der Waals surface area contributed by atoms with E-state index in [2.05, 4.69) is 38.3 Å². The maximum absolute atomic E-state index is 9.76. The summed E-state index contributed by atoms with van der Waals surface area (Å²) in [5, 5.41) is 27.1. The molecule has 32 heavy (non-hydrogen) atoms. The predicted molar refractivity (Wildman–Crippen MR) is 124 cm³/mol. The molecule has 1 fully saturated rings. The number of benzene rings is 3. The molecule has 3 aromatic carbocycles.